The Hall–Kier alpha value is -2.10. The molecule has 3 aromatic rings. The summed E-state index contributed by atoms with van der Waals surface area (Å²) in [7, 11) is 0. The maximum absolute atomic E-state index is 11.4. The minimum atomic E-state index is -0.335. The molecule has 0 aliphatic heterocycles. The predicted molar refractivity (Wildman–Crippen MR) is 68.9 cm³/mol. The van der Waals surface area contributed by atoms with Gasteiger partial charge in [0.2, 0.25) is 0 Å². The number of aromatic nitrogens is 1. The molecule has 0 spiro atoms. The Balaban J connectivity index is 2.58. The molecule has 0 radical (unpaired) electrons. The first-order valence-electron chi connectivity index (χ1n) is 5.94. The molecule has 0 fully saturated rings. The van der Waals surface area contributed by atoms with Crippen LogP contribution in [0.2, 0.25) is 0 Å². The SMILES string of the molecule is CCc1noc2c(C)c3oc(=O)cc(C)c3cc12. The Morgan fingerprint density at radius 3 is 2.67 bits per heavy atom. The quantitative estimate of drug-likeness (QED) is 0.616. The van der Waals surface area contributed by atoms with E-state index in [1.54, 1.807) is 0 Å². The van der Waals surface area contributed by atoms with E-state index in [0.29, 0.717) is 11.2 Å². The highest BCUT2D eigenvalue weighted by molar-refractivity contribution is 5.98. The molecule has 0 aliphatic carbocycles. The average molecular weight is 243 g/mol. The largest absolute Gasteiger partial charge is 0.422 e. The molecule has 0 bridgehead atoms. The summed E-state index contributed by atoms with van der Waals surface area (Å²) in [5, 5.41) is 6.00. The van der Waals surface area contributed by atoms with Gasteiger partial charge in [-0.1, -0.05) is 12.1 Å². The van der Waals surface area contributed by atoms with E-state index in [9.17, 15) is 4.79 Å². The van der Waals surface area contributed by atoms with Crippen molar-refractivity contribution in [3.05, 3.63) is 39.4 Å². The number of nitrogens with zero attached hydrogens (tertiary/aromatic N) is 1. The summed E-state index contributed by atoms with van der Waals surface area (Å²) in [4.78, 5) is 11.4. The van der Waals surface area contributed by atoms with Crippen molar-refractivity contribution < 1.29 is 8.94 Å². The van der Waals surface area contributed by atoms with Gasteiger partial charge in [-0.2, -0.15) is 0 Å². The molecule has 0 unspecified atom stereocenters. The summed E-state index contributed by atoms with van der Waals surface area (Å²) in [6, 6.07) is 3.50. The van der Waals surface area contributed by atoms with Gasteiger partial charge in [-0.25, -0.2) is 4.79 Å². The van der Waals surface area contributed by atoms with Crippen LogP contribution < -0.4 is 5.63 Å². The lowest BCUT2D eigenvalue weighted by Gasteiger charge is -2.03. The fourth-order valence-corrected chi connectivity index (χ4v) is 2.33. The first-order chi connectivity index (χ1) is 8.61. The fourth-order valence-electron chi connectivity index (χ4n) is 2.33. The van der Waals surface area contributed by atoms with E-state index in [-0.39, 0.29) is 5.63 Å². The summed E-state index contributed by atoms with van der Waals surface area (Å²) in [5.74, 6) is 0. The normalized spacial score (nSPS) is 11.5. The van der Waals surface area contributed by atoms with Crippen molar-refractivity contribution in [2.45, 2.75) is 27.2 Å². The highest BCUT2D eigenvalue weighted by Crippen LogP contribution is 2.30. The van der Waals surface area contributed by atoms with Crippen LogP contribution >= 0.6 is 0 Å². The Kier molecular flexibility index (Phi) is 2.26. The number of fused-ring (bicyclic) bond motifs is 2. The van der Waals surface area contributed by atoms with Crippen LogP contribution in [0.15, 0.2) is 25.9 Å². The summed E-state index contributed by atoms with van der Waals surface area (Å²) in [6.45, 7) is 5.83. The summed E-state index contributed by atoms with van der Waals surface area (Å²) < 4.78 is 10.6. The van der Waals surface area contributed by atoms with Crippen molar-refractivity contribution in [2.75, 3.05) is 0 Å². The van der Waals surface area contributed by atoms with E-state index in [1.807, 2.05) is 26.8 Å². The third-order valence-electron chi connectivity index (χ3n) is 3.31. The van der Waals surface area contributed by atoms with E-state index < -0.39 is 0 Å². The molecule has 1 aromatic carbocycles. The first kappa shape index (κ1) is 11.0. The molecule has 0 N–H and O–H groups in total. The zero-order valence-corrected chi connectivity index (χ0v) is 10.5. The van der Waals surface area contributed by atoms with Gasteiger partial charge in [0.25, 0.3) is 0 Å². The van der Waals surface area contributed by atoms with Crippen LogP contribution in [0, 0.1) is 13.8 Å². The minimum absolute atomic E-state index is 0.335. The van der Waals surface area contributed by atoms with Crippen molar-refractivity contribution >= 4 is 21.9 Å². The van der Waals surface area contributed by atoms with Gasteiger partial charge in [-0.05, 0) is 31.9 Å². The van der Waals surface area contributed by atoms with Gasteiger partial charge in [0.05, 0.1) is 5.69 Å². The van der Waals surface area contributed by atoms with E-state index in [2.05, 4.69) is 5.16 Å². The first-order valence-corrected chi connectivity index (χ1v) is 5.94. The molecule has 4 heteroatoms. The van der Waals surface area contributed by atoms with Gasteiger partial charge >= 0.3 is 5.63 Å². The molecule has 0 atom stereocenters. The lowest BCUT2D eigenvalue weighted by atomic mass is 10.0. The van der Waals surface area contributed by atoms with Gasteiger partial charge in [0.1, 0.15) is 5.58 Å². The van der Waals surface area contributed by atoms with Crippen molar-refractivity contribution in [3.8, 4) is 0 Å². The van der Waals surface area contributed by atoms with Crippen molar-refractivity contribution in [2.24, 2.45) is 0 Å². The lowest BCUT2D eigenvalue weighted by Crippen LogP contribution is -1.99. The summed E-state index contributed by atoms with van der Waals surface area (Å²) in [6.07, 6.45) is 0.813. The molecular formula is C14H13NO3. The van der Waals surface area contributed by atoms with Crippen LogP contribution in [0.1, 0.15) is 23.7 Å². The third-order valence-corrected chi connectivity index (χ3v) is 3.31. The summed E-state index contributed by atoms with van der Waals surface area (Å²) >= 11 is 0. The molecule has 0 saturated carbocycles. The maximum Gasteiger partial charge on any atom is 0.336 e. The fraction of sp³-hybridized carbons (Fsp3) is 0.286. The average Bonchev–Trinajstić information content (AvgIpc) is 2.74. The molecule has 2 aromatic heterocycles. The van der Waals surface area contributed by atoms with Crippen LogP contribution in [0.4, 0.5) is 0 Å². The standard InChI is InChI=1S/C14H13NO3/c1-4-11-10-6-9-7(2)5-12(16)17-13(9)8(3)14(10)18-15-11/h5-6H,4H2,1-3H3. The number of hydrogen-bond acceptors (Lipinski definition) is 4. The number of aryl methyl sites for hydroxylation is 3. The minimum Gasteiger partial charge on any atom is -0.422 e. The molecular weight excluding hydrogens is 230 g/mol. The Labute approximate surface area is 103 Å². The van der Waals surface area contributed by atoms with Crippen LogP contribution in [-0.2, 0) is 6.42 Å². The van der Waals surface area contributed by atoms with E-state index in [1.165, 1.54) is 6.07 Å². The molecule has 4 nitrogen and oxygen atoms in total. The second-order valence-corrected chi connectivity index (χ2v) is 4.49. The maximum atomic E-state index is 11.4. The smallest absolute Gasteiger partial charge is 0.336 e. The zero-order valence-electron chi connectivity index (χ0n) is 10.5. The number of hydrogen-bond donors (Lipinski definition) is 0. The molecule has 0 aliphatic rings. The lowest BCUT2D eigenvalue weighted by molar-refractivity contribution is 0.445. The topological polar surface area (TPSA) is 56.2 Å². The zero-order chi connectivity index (χ0) is 12.9. The van der Waals surface area contributed by atoms with Gasteiger partial charge in [0, 0.05) is 22.4 Å². The highest BCUT2D eigenvalue weighted by atomic mass is 16.5. The van der Waals surface area contributed by atoms with Crippen molar-refractivity contribution in [1.82, 2.24) is 5.16 Å². The Bertz CT molecular complexity index is 811. The molecule has 92 valence electrons. The second kappa shape index (κ2) is 3.70. The number of benzene rings is 1. The third kappa shape index (κ3) is 1.38. The van der Waals surface area contributed by atoms with E-state index in [4.69, 9.17) is 8.94 Å². The van der Waals surface area contributed by atoms with Crippen LogP contribution in [0.25, 0.3) is 21.9 Å². The Morgan fingerprint density at radius 1 is 1.17 bits per heavy atom. The van der Waals surface area contributed by atoms with Crippen LogP contribution in [0.3, 0.4) is 0 Å². The van der Waals surface area contributed by atoms with Crippen LogP contribution in [-0.4, -0.2) is 5.16 Å². The molecule has 2 heterocycles. The highest BCUT2D eigenvalue weighted by Gasteiger charge is 2.15. The van der Waals surface area contributed by atoms with Crippen molar-refractivity contribution in [1.29, 1.82) is 0 Å². The molecule has 0 amide bonds. The monoisotopic (exact) mass is 243 g/mol. The molecule has 18 heavy (non-hydrogen) atoms. The van der Waals surface area contributed by atoms with Gasteiger partial charge in [0.15, 0.2) is 5.58 Å². The van der Waals surface area contributed by atoms with Crippen LogP contribution in [0.5, 0.6) is 0 Å². The van der Waals surface area contributed by atoms with Crippen molar-refractivity contribution in [3.63, 3.8) is 0 Å². The molecule has 3 rings (SSSR count). The van der Waals surface area contributed by atoms with Gasteiger partial charge in [-0.3, -0.25) is 0 Å². The number of rotatable bonds is 1. The van der Waals surface area contributed by atoms with Gasteiger partial charge in [-0.15, -0.1) is 0 Å². The predicted octanol–water partition coefficient (Wildman–Crippen LogP) is 3.11. The van der Waals surface area contributed by atoms with E-state index >= 15 is 0 Å². The van der Waals surface area contributed by atoms with Gasteiger partial charge < -0.3 is 8.94 Å². The molecule has 0 saturated heterocycles. The van der Waals surface area contributed by atoms with E-state index in [0.717, 1.165) is 34.0 Å². The Morgan fingerprint density at radius 2 is 1.94 bits per heavy atom. The summed E-state index contributed by atoms with van der Waals surface area (Å²) in [5.41, 5.74) is 3.63. The second-order valence-electron chi connectivity index (χ2n) is 4.49.